The van der Waals surface area contributed by atoms with Gasteiger partial charge in [0.2, 0.25) is 0 Å². The predicted octanol–water partition coefficient (Wildman–Crippen LogP) is 3.31. The summed E-state index contributed by atoms with van der Waals surface area (Å²) in [6.07, 6.45) is 1.60. The van der Waals surface area contributed by atoms with Crippen molar-refractivity contribution in [2.45, 2.75) is 0 Å². The first-order chi connectivity index (χ1) is 11.5. The lowest BCUT2D eigenvalue weighted by molar-refractivity contribution is -0.119. The SMILES string of the molecule is COc1cc(/C=N/Nc2ccc(Cl)c(Cl)c2)ccc1OCC(N)=O. The first kappa shape index (κ1) is 17.9. The summed E-state index contributed by atoms with van der Waals surface area (Å²) in [5.41, 5.74) is 9.37. The van der Waals surface area contributed by atoms with Crippen molar-refractivity contribution in [3.63, 3.8) is 0 Å². The monoisotopic (exact) mass is 367 g/mol. The molecule has 0 saturated carbocycles. The van der Waals surface area contributed by atoms with E-state index >= 15 is 0 Å². The molecule has 0 atom stereocenters. The predicted molar refractivity (Wildman–Crippen MR) is 95.4 cm³/mol. The smallest absolute Gasteiger partial charge is 0.255 e. The number of hydrogen-bond acceptors (Lipinski definition) is 5. The van der Waals surface area contributed by atoms with Crippen molar-refractivity contribution < 1.29 is 14.3 Å². The maximum absolute atomic E-state index is 10.8. The van der Waals surface area contributed by atoms with E-state index in [-0.39, 0.29) is 6.61 Å². The summed E-state index contributed by atoms with van der Waals surface area (Å²) < 4.78 is 10.5. The van der Waals surface area contributed by atoms with Gasteiger partial charge in [-0.15, -0.1) is 0 Å². The van der Waals surface area contributed by atoms with Crippen LogP contribution in [-0.2, 0) is 4.79 Å². The second-order valence-corrected chi connectivity index (χ2v) is 5.48. The fraction of sp³-hybridized carbons (Fsp3) is 0.125. The highest BCUT2D eigenvalue weighted by Crippen LogP contribution is 2.28. The van der Waals surface area contributed by atoms with E-state index in [4.69, 9.17) is 38.4 Å². The average molecular weight is 368 g/mol. The molecule has 2 aromatic rings. The Hall–Kier alpha value is -2.44. The third-order valence-corrected chi connectivity index (χ3v) is 3.62. The first-order valence-electron chi connectivity index (χ1n) is 6.83. The van der Waals surface area contributed by atoms with E-state index in [9.17, 15) is 4.79 Å². The van der Waals surface area contributed by atoms with Gasteiger partial charge in [0.15, 0.2) is 18.1 Å². The number of hydrogen-bond donors (Lipinski definition) is 2. The van der Waals surface area contributed by atoms with Gasteiger partial charge in [-0.1, -0.05) is 23.2 Å². The van der Waals surface area contributed by atoms with Gasteiger partial charge in [0.1, 0.15) is 0 Å². The second kappa shape index (κ2) is 8.42. The topological polar surface area (TPSA) is 85.9 Å². The van der Waals surface area contributed by atoms with Crippen molar-refractivity contribution in [3.8, 4) is 11.5 Å². The molecule has 0 fully saturated rings. The number of rotatable bonds is 7. The molecule has 0 bridgehead atoms. The number of carbonyl (C=O) groups is 1. The molecule has 8 heteroatoms. The van der Waals surface area contributed by atoms with Crippen LogP contribution in [0.1, 0.15) is 5.56 Å². The molecule has 0 spiro atoms. The molecule has 0 aromatic heterocycles. The minimum absolute atomic E-state index is 0.220. The minimum Gasteiger partial charge on any atom is -0.493 e. The van der Waals surface area contributed by atoms with E-state index in [1.807, 2.05) is 0 Å². The standard InChI is InChI=1S/C16H15Cl2N3O3/c1-23-15-6-10(2-5-14(15)24-9-16(19)22)8-20-21-11-3-4-12(17)13(18)7-11/h2-8,21H,9H2,1H3,(H2,19,22)/b20-8+. The molecule has 2 aromatic carbocycles. The lowest BCUT2D eigenvalue weighted by Gasteiger charge is -2.09. The van der Waals surface area contributed by atoms with E-state index < -0.39 is 5.91 Å². The Morgan fingerprint density at radius 3 is 2.67 bits per heavy atom. The number of hydrazone groups is 1. The molecule has 3 N–H and O–H groups in total. The third-order valence-electron chi connectivity index (χ3n) is 2.88. The number of anilines is 1. The number of nitrogens with zero attached hydrogens (tertiary/aromatic N) is 1. The van der Waals surface area contributed by atoms with E-state index in [0.29, 0.717) is 27.2 Å². The molecule has 0 aliphatic heterocycles. The van der Waals surface area contributed by atoms with Gasteiger partial charge in [-0.3, -0.25) is 10.2 Å². The van der Waals surface area contributed by atoms with E-state index in [0.717, 1.165) is 5.56 Å². The van der Waals surface area contributed by atoms with Gasteiger partial charge in [-0.25, -0.2) is 0 Å². The molecule has 0 unspecified atom stereocenters. The van der Waals surface area contributed by atoms with Crippen LogP contribution >= 0.6 is 23.2 Å². The van der Waals surface area contributed by atoms with E-state index in [1.165, 1.54) is 7.11 Å². The number of methoxy groups -OCH3 is 1. The van der Waals surface area contributed by atoms with E-state index in [1.54, 1.807) is 42.6 Å². The largest absolute Gasteiger partial charge is 0.493 e. The van der Waals surface area contributed by atoms with Crippen LogP contribution in [0.2, 0.25) is 10.0 Å². The number of nitrogens with one attached hydrogen (secondary N) is 1. The van der Waals surface area contributed by atoms with Crippen LogP contribution < -0.4 is 20.6 Å². The van der Waals surface area contributed by atoms with Crippen molar-refractivity contribution in [3.05, 3.63) is 52.0 Å². The molecule has 0 saturated heterocycles. The Morgan fingerprint density at radius 1 is 1.21 bits per heavy atom. The average Bonchev–Trinajstić information content (AvgIpc) is 2.56. The Bertz CT molecular complexity index is 766. The maximum Gasteiger partial charge on any atom is 0.255 e. The van der Waals surface area contributed by atoms with Crippen LogP contribution in [0.25, 0.3) is 0 Å². The first-order valence-corrected chi connectivity index (χ1v) is 7.58. The Morgan fingerprint density at radius 2 is 2.00 bits per heavy atom. The molecular weight excluding hydrogens is 353 g/mol. The number of halogens is 2. The highest BCUT2D eigenvalue weighted by molar-refractivity contribution is 6.42. The highest BCUT2D eigenvalue weighted by Gasteiger charge is 2.06. The Balaban J connectivity index is 2.06. The van der Waals surface area contributed by atoms with Crippen LogP contribution in [0.5, 0.6) is 11.5 Å². The lowest BCUT2D eigenvalue weighted by Crippen LogP contribution is -2.20. The fourth-order valence-corrected chi connectivity index (χ4v) is 2.08. The van der Waals surface area contributed by atoms with Gasteiger partial charge < -0.3 is 15.2 Å². The van der Waals surface area contributed by atoms with Crippen LogP contribution in [0, 0.1) is 0 Å². The molecule has 126 valence electrons. The van der Waals surface area contributed by atoms with Crippen LogP contribution in [0.15, 0.2) is 41.5 Å². The highest BCUT2D eigenvalue weighted by atomic mass is 35.5. The molecule has 0 heterocycles. The van der Waals surface area contributed by atoms with Gasteiger partial charge in [-0.05, 0) is 42.0 Å². The molecule has 1 amide bonds. The summed E-state index contributed by atoms with van der Waals surface area (Å²) in [6.45, 7) is -0.220. The van der Waals surface area contributed by atoms with Crippen molar-refractivity contribution >= 4 is 41.0 Å². The second-order valence-electron chi connectivity index (χ2n) is 4.66. The number of benzene rings is 2. The number of carbonyl (C=O) groups excluding carboxylic acids is 1. The normalized spacial score (nSPS) is 10.6. The Labute approximate surface area is 149 Å². The molecule has 0 radical (unpaired) electrons. The van der Waals surface area contributed by atoms with Crippen LogP contribution in [0.3, 0.4) is 0 Å². The van der Waals surface area contributed by atoms with Gasteiger partial charge in [-0.2, -0.15) is 5.10 Å². The van der Waals surface area contributed by atoms with Crippen molar-refractivity contribution in [1.82, 2.24) is 0 Å². The Kier molecular flexibility index (Phi) is 6.28. The zero-order valence-corrected chi connectivity index (χ0v) is 14.3. The molecule has 2 rings (SSSR count). The lowest BCUT2D eigenvalue weighted by atomic mass is 10.2. The van der Waals surface area contributed by atoms with Crippen LogP contribution in [0.4, 0.5) is 5.69 Å². The van der Waals surface area contributed by atoms with Gasteiger partial charge in [0, 0.05) is 0 Å². The summed E-state index contributed by atoms with van der Waals surface area (Å²) in [7, 11) is 1.50. The van der Waals surface area contributed by atoms with Crippen LogP contribution in [-0.4, -0.2) is 25.8 Å². The van der Waals surface area contributed by atoms with Crippen molar-refractivity contribution in [2.75, 3.05) is 19.1 Å². The summed E-state index contributed by atoms with van der Waals surface area (Å²) in [5, 5.41) is 5.03. The summed E-state index contributed by atoms with van der Waals surface area (Å²) in [4.78, 5) is 10.8. The van der Waals surface area contributed by atoms with Gasteiger partial charge in [0.05, 0.1) is 29.1 Å². The number of nitrogens with two attached hydrogens (primary N) is 1. The molecule has 24 heavy (non-hydrogen) atoms. The number of ether oxygens (including phenoxy) is 2. The molecule has 0 aliphatic rings. The maximum atomic E-state index is 10.8. The fourth-order valence-electron chi connectivity index (χ4n) is 1.78. The zero-order chi connectivity index (χ0) is 17.5. The molecule has 0 aliphatic carbocycles. The van der Waals surface area contributed by atoms with Gasteiger partial charge >= 0.3 is 0 Å². The van der Waals surface area contributed by atoms with Crippen molar-refractivity contribution in [2.24, 2.45) is 10.8 Å². The third kappa shape index (κ3) is 5.04. The van der Waals surface area contributed by atoms with Crippen molar-refractivity contribution in [1.29, 1.82) is 0 Å². The summed E-state index contributed by atoms with van der Waals surface area (Å²) in [5.74, 6) is 0.328. The summed E-state index contributed by atoms with van der Waals surface area (Å²) >= 11 is 11.8. The van der Waals surface area contributed by atoms with Gasteiger partial charge in [0.25, 0.3) is 5.91 Å². The quantitative estimate of drug-likeness (QED) is 0.580. The minimum atomic E-state index is -0.562. The van der Waals surface area contributed by atoms with E-state index in [2.05, 4.69) is 10.5 Å². The zero-order valence-electron chi connectivity index (χ0n) is 12.8. The number of amides is 1. The molecular formula is C16H15Cl2N3O3. The summed E-state index contributed by atoms with van der Waals surface area (Å²) in [6, 6.07) is 10.3. The molecule has 6 nitrogen and oxygen atoms in total. The number of primary amides is 1.